The highest BCUT2D eigenvalue weighted by Gasteiger charge is 2.47. The van der Waals surface area contributed by atoms with E-state index in [1.54, 1.807) is 0 Å². The Morgan fingerprint density at radius 3 is 1.76 bits per heavy atom. The van der Waals surface area contributed by atoms with Gasteiger partial charge >= 0.3 is 0 Å². The largest absolute Gasteiger partial charge is 0.309 e. The Balaban J connectivity index is 1.27. The summed E-state index contributed by atoms with van der Waals surface area (Å²) in [4.78, 5) is 0. The molecule has 54 heavy (non-hydrogen) atoms. The molecule has 0 bridgehead atoms. The average molecular weight is 818 g/mol. The highest BCUT2D eigenvalue weighted by Crippen LogP contribution is 2.58. The third-order valence-corrected chi connectivity index (χ3v) is 12.4. The molecule has 0 unspecified atom stereocenters. The molecular weight excluding hydrogens is 786 g/mol. The molecule has 1 aliphatic carbocycles. The van der Waals surface area contributed by atoms with E-state index in [-0.39, 0.29) is 0 Å². The van der Waals surface area contributed by atoms with Gasteiger partial charge in [0.05, 0.1) is 16.4 Å². The van der Waals surface area contributed by atoms with Crippen molar-refractivity contribution in [2.24, 2.45) is 0 Å². The number of nitrogens with zero attached hydrogens (tertiary/aromatic N) is 1. The Morgan fingerprint density at radius 1 is 0.407 bits per heavy atom. The number of rotatable bonds is 4. The van der Waals surface area contributed by atoms with Crippen molar-refractivity contribution in [3.63, 3.8) is 0 Å². The van der Waals surface area contributed by atoms with Gasteiger partial charge in [0.15, 0.2) is 0 Å². The van der Waals surface area contributed by atoms with Gasteiger partial charge in [-0.15, -0.1) is 0 Å². The quantitative estimate of drug-likeness (QED) is 0.167. The van der Waals surface area contributed by atoms with Crippen LogP contribution in [0.5, 0.6) is 0 Å². The smallest absolute Gasteiger partial charge is 0.0714 e. The lowest BCUT2D eigenvalue weighted by Crippen LogP contribution is -2.28. The van der Waals surface area contributed by atoms with Gasteiger partial charge in [0.1, 0.15) is 0 Å². The Morgan fingerprint density at radius 2 is 1.04 bits per heavy atom. The minimum absolute atomic E-state index is 0.521. The second-order valence-electron chi connectivity index (χ2n) is 14.3. The Bertz CT molecular complexity index is 3060. The summed E-state index contributed by atoms with van der Waals surface area (Å²) in [6.07, 6.45) is 0. The number of hydrogen-bond acceptors (Lipinski definition) is 0. The van der Waals surface area contributed by atoms with E-state index in [2.05, 4.69) is 224 Å². The van der Waals surface area contributed by atoms with Crippen LogP contribution in [0.3, 0.4) is 0 Å². The van der Waals surface area contributed by atoms with Gasteiger partial charge in [0, 0.05) is 25.4 Å². The molecule has 0 fully saturated rings. The summed E-state index contributed by atoms with van der Waals surface area (Å²) < 4.78 is 4.58. The molecule has 3 heteroatoms. The first-order valence-electron chi connectivity index (χ1n) is 18.3. The summed E-state index contributed by atoms with van der Waals surface area (Å²) in [7, 11) is 0. The zero-order chi connectivity index (χ0) is 36.0. The molecule has 9 aromatic carbocycles. The molecular formula is C51H31Br2N. The third kappa shape index (κ3) is 4.55. The summed E-state index contributed by atoms with van der Waals surface area (Å²) in [5.41, 5.74) is 13.1. The SMILES string of the molecule is Brc1cc(Br)cc(-c2ccc3c4c5ccccc5ccc4n(-c4ccc5c(c4)C(c4ccccc4)(c4ccccc4)c4ccc6ccccc6c4-5)c3c2)c1. The van der Waals surface area contributed by atoms with E-state index >= 15 is 0 Å². The Hall–Kier alpha value is -5.74. The van der Waals surface area contributed by atoms with E-state index in [1.807, 2.05) is 0 Å². The van der Waals surface area contributed by atoms with Crippen LogP contribution in [-0.2, 0) is 5.41 Å². The number of aromatic nitrogens is 1. The van der Waals surface area contributed by atoms with E-state index in [0.717, 1.165) is 20.2 Å². The normalized spacial score (nSPS) is 13.1. The lowest BCUT2D eigenvalue weighted by Gasteiger charge is -2.34. The van der Waals surface area contributed by atoms with Gasteiger partial charge in [-0.25, -0.2) is 0 Å². The summed E-state index contributed by atoms with van der Waals surface area (Å²) in [5, 5.41) is 7.56. The lowest BCUT2D eigenvalue weighted by molar-refractivity contribution is 0.768. The van der Waals surface area contributed by atoms with Gasteiger partial charge in [-0.05, 0) is 109 Å². The Kier molecular flexibility index (Phi) is 7.14. The predicted octanol–water partition coefficient (Wildman–Crippen LogP) is 14.6. The van der Waals surface area contributed by atoms with E-state index in [1.165, 1.54) is 82.3 Å². The van der Waals surface area contributed by atoms with Gasteiger partial charge in [-0.1, -0.05) is 177 Å². The molecule has 0 radical (unpaired) electrons. The van der Waals surface area contributed by atoms with E-state index in [0.29, 0.717) is 0 Å². The Labute approximate surface area is 330 Å². The van der Waals surface area contributed by atoms with Crippen LogP contribution in [0.25, 0.3) is 71.3 Å². The van der Waals surface area contributed by atoms with E-state index in [4.69, 9.17) is 0 Å². The van der Waals surface area contributed by atoms with E-state index < -0.39 is 5.41 Å². The zero-order valence-electron chi connectivity index (χ0n) is 29.1. The number of fused-ring (bicyclic) bond motifs is 10. The van der Waals surface area contributed by atoms with Crippen molar-refractivity contribution >= 4 is 75.2 Å². The summed E-state index contributed by atoms with van der Waals surface area (Å²) in [5.74, 6) is 0. The second-order valence-corrected chi connectivity index (χ2v) is 16.2. The van der Waals surface area contributed by atoms with Crippen LogP contribution in [0, 0.1) is 0 Å². The fourth-order valence-corrected chi connectivity index (χ4v) is 10.6. The molecule has 10 aromatic rings. The van der Waals surface area contributed by atoms with Crippen LogP contribution >= 0.6 is 31.9 Å². The second kappa shape index (κ2) is 12.1. The maximum absolute atomic E-state index is 3.74. The van der Waals surface area contributed by atoms with Crippen molar-refractivity contribution < 1.29 is 0 Å². The zero-order valence-corrected chi connectivity index (χ0v) is 32.3. The first-order valence-corrected chi connectivity index (χ1v) is 19.9. The van der Waals surface area contributed by atoms with E-state index in [9.17, 15) is 0 Å². The summed E-state index contributed by atoms with van der Waals surface area (Å²) >= 11 is 7.47. The van der Waals surface area contributed by atoms with Crippen LogP contribution in [0.2, 0.25) is 0 Å². The molecule has 1 aromatic heterocycles. The monoisotopic (exact) mass is 815 g/mol. The van der Waals surface area contributed by atoms with Crippen LogP contribution in [-0.4, -0.2) is 4.57 Å². The molecule has 1 nitrogen and oxygen atoms in total. The molecule has 0 aliphatic heterocycles. The highest BCUT2D eigenvalue weighted by molar-refractivity contribution is 9.11. The van der Waals surface area contributed by atoms with Crippen molar-refractivity contribution in [1.29, 1.82) is 0 Å². The van der Waals surface area contributed by atoms with Crippen molar-refractivity contribution in [3.8, 4) is 27.9 Å². The molecule has 0 atom stereocenters. The molecule has 0 spiro atoms. The first kappa shape index (κ1) is 31.8. The van der Waals surface area contributed by atoms with Gasteiger partial charge in [-0.2, -0.15) is 0 Å². The molecule has 1 aliphatic rings. The highest BCUT2D eigenvalue weighted by atomic mass is 79.9. The maximum Gasteiger partial charge on any atom is 0.0714 e. The fourth-order valence-electron chi connectivity index (χ4n) is 9.35. The third-order valence-electron chi connectivity index (χ3n) is 11.5. The van der Waals surface area contributed by atoms with Crippen molar-refractivity contribution in [1.82, 2.24) is 4.57 Å². The molecule has 254 valence electrons. The molecule has 1 heterocycles. The lowest BCUT2D eigenvalue weighted by atomic mass is 9.67. The first-order chi connectivity index (χ1) is 26.6. The maximum atomic E-state index is 3.74. The predicted molar refractivity (Wildman–Crippen MR) is 234 cm³/mol. The topological polar surface area (TPSA) is 4.93 Å². The molecule has 0 saturated carbocycles. The number of benzene rings is 9. The van der Waals surface area contributed by atoms with Crippen molar-refractivity contribution in [3.05, 3.63) is 219 Å². The number of halogens is 2. The van der Waals surface area contributed by atoms with Crippen molar-refractivity contribution in [2.45, 2.75) is 5.41 Å². The van der Waals surface area contributed by atoms with Gasteiger partial charge in [0.25, 0.3) is 0 Å². The average Bonchev–Trinajstić information content (AvgIpc) is 3.71. The van der Waals surface area contributed by atoms with Gasteiger partial charge in [-0.3, -0.25) is 0 Å². The molecule has 0 amide bonds. The standard InChI is InChI=1S/C51H31Br2N/c52-38-27-35(28-39(53)30-38)34-19-23-44-48(29-34)54(47-26-21-33-12-8-10-18-42(33)50(44)47)40-22-24-43-46(31-40)51(36-13-3-1-4-14-36,37-15-5-2-6-16-37)45-25-20-32-11-7-9-17-41(32)49(43)45/h1-31H. The van der Waals surface area contributed by atoms with Gasteiger partial charge < -0.3 is 4.57 Å². The molecule has 0 N–H and O–H groups in total. The van der Waals surface area contributed by atoms with Crippen LogP contribution < -0.4 is 0 Å². The van der Waals surface area contributed by atoms with Crippen LogP contribution in [0.4, 0.5) is 0 Å². The minimum atomic E-state index is -0.521. The summed E-state index contributed by atoms with van der Waals surface area (Å²) in [6.45, 7) is 0. The van der Waals surface area contributed by atoms with Gasteiger partial charge in [0.2, 0.25) is 0 Å². The fraction of sp³-hybridized carbons (Fsp3) is 0.0196. The minimum Gasteiger partial charge on any atom is -0.309 e. The van der Waals surface area contributed by atoms with Crippen molar-refractivity contribution in [2.75, 3.05) is 0 Å². The number of hydrogen-bond donors (Lipinski definition) is 0. The van der Waals surface area contributed by atoms with Crippen LogP contribution in [0.15, 0.2) is 197 Å². The van der Waals surface area contributed by atoms with Crippen LogP contribution in [0.1, 0.15) is 22.3 Å². The molecule has 0 saturated heterocycles. The molecule has 11 rings (SSSR count). The summed E-state index contributed by atoms with van der Waals surface area (Å²) in [6, 6.07) is 69.7.